The average Bonchev–Trinajstić information content (AvgIpc) is 3.28. The molecule has 5 rings (SSSR count). The Kier molecular flexibility index (Phi) is 7.53. The zero-order valence-electron chi connectivity index (χ0n) is 21.2. The molecule has 1 aliphatic rings. The van der Waals surface area contributed by atoms with E-state index < -0.39 is 17.7 Å². The summed E-state index contributed by atoms with van der Waals surface area (Å²) in [5.41, 5.74) is 2.34. The van der Waals surface area contributed by atoms with Crippen LogP contribution in [0.4, 0.5) is 30.5 Å². The number of nitrogens with one attached hydrogen (secondary N) is 2. The minimum atomic E-state index is -4.53. The van der Waals surface area contributed by atoms with Gasteiger partial charge >= 0.3 is 12.1 Å². The lowest BCUT2D eigenvalue weighted by Gasteiger charge is -2.16. The molecule has 1 amide bonds. The van der Waals surface area contributed by atoms with Gasteiger partial charge in [0.15, 0.2) is 0 Å². The van der Waals surface area contributed by atoms with Crippen molar-refractivity contribution in [2.24, 2.45) is 0 Å². The van der Waals surface area contributed by atoms with Crippen molar-refractivity contribution in [3.63, 3.8) is 0 Å². The third-order valence-electron chi connectivity index (χ3n) is 6.52. The Bertz CT molecular complexity index is 1590. The third-order valence-corrected chi connectivity index (χ3v) is 7.65. The van der Waals surface area contributed by atoms with Gasteiger partial charge in [-0.1, -0.05) is 12.5 Å². The molecule has 0 saturated heterocycles. The van der Waals surface area contributed by atoms with Crippen LogP contribution in [-0.4, -0.2) is 31.9 Å². The molecule has 4 aromatic rings. The fourth-order valence-electron chi connectivity index (χ4n) is 4.74. The van der Waals surface area contributed by atoms with E-state index in [9.17, 15) is 27.9 Å². The fraction of sp³-hybridized carbons (Fsp3) is 0.250. The lowest BCUT2D eigenvalue weighted by Crippen LogP contribution is -2.08. The van der Waals surface area contributed by atoms with Crippen LogP contribution in [0.1, 0.15) is 64.2 Å². The van der Waals surface area contributed by atoms with Crippen LogP contribution >= 0.6 is 11.3 Å². The molecule has 8 nitrogen and oxygen atoms in total. The number of carboxylic acids is 1. The number of alkyl halides is 3. The molecule has 1 aromatic carbocycles. The lowest BCUT2D eigenvalue weighted by molar-refractivity contribution is -0.137. The van der Waals surface area contributed by atoms with Crippen molar-refractivity contribution < 1.29 is 27.9 Å². The Balaban J connectivity index is 1.49. The number of anilines is 3. The molecule has 0 bridgehead atoms. The van der Waals surface area contributed by atoms with Gasteiger partial charge < -0.3 is 15.7 Å². The topological polar surface area (TPSA) is 117 Å². The Morgan fingerprint density at radius 3 is 2.62 bits per heavy atom. The molecule has 3 aromatic heterocycles. The molecular formula is C28H24F3N5O3S. The third kappa shape index (κ3) is 6.12. The minimum absolute atomic E-state index is 0.00970. The van der Waals surface area contributed by atoms with E-state index in [-0.39, 0.29) is 29.0 Å². The van der Waals surface area contributed by atoms with E-state index in [2.05, 4.69) is 25.6 Å². The fourth-order valence-corrected chi connectivity index (χ4v) is 5.77. The Morgan fingerprint density at radius 2 is 1.88 bits per heavy atom. The maximum Gasteiger partial charge on any atom is 0.416 e. The maximum atomic E-state index is 13.2. The number of amides is 1. The van der Waals surface area contributed by atoms with Gasteiger partial charge in [-0.2, -0.15) is 13.2 Å². The van der Waals surface area contributed by atoms with Crippen LogP contribution in [0.5, 0.6) is 0 Å². The molecule has 40 heavy (non-hydrogen) atoms. The average molecular weight is 568 g/mol. The number of hydrogen-bond donors (Lipinski definition) is 3. The first-order valence-corrected chi connectivity index (χ1v) is 13.3. The van der Waals surface area contributed by atoms with Crippen molar-refractivity contribution in [2.45, 2.75) is 44.7 Å². The second-order valence-corrected chi connectivity index (χ2v) is 10.5. The highest BCUT2D eigenvalue weighted by Gasteiger charge is 2.31. The van der Waals surface area contributed by atoms with E-state index in [1.54, 1.807) is 24.4 Å². The summed E-state index contributed by atoms with van der Waals surface area (Å²) in [4.78, 5) is 37.2. The number of carbonyl (C=O) groups excluding carboxylic acids is 1. The maximum absolute atomic E-state index is 13.2. The second-order valence-electron chi connectivity index (χ2n) is 9.44. The van der Waals surface area contributed by atoms with E-state index in [1.807, 2.05) is 6.07 Å². The van der Waals surface area contributed by atoms with Crippen molar-refractivity contribution in [3.05, 3.63) is 82.1 Å². The van der Waals surface area contributed by atoms with Crippen LogP contribution in [0.3, 0.4) is 0 Å². The Labute approximate surface area is 231 Å². The first-order valence-electron chi connectivity index (χ1n) is 12.5. The Morgan fingerprint density at radius 1 is 1.05 bits per heavy atom. The van der Waals surface area contributed by atoms with Crippen molar-refractivity contribution in [1.82, 2.24) is 15.0 Å². The van der Waals surface area contributed by atoms with Gasteiger partial charge in [-0.3, -0.25) is 4.79 Å². The highest BCUT2D eigenvalue weighted by atomic mass is 32.1. The van der Waals surface area contributed by atoms with E-state index in [4.69, 9.17) is 0 Å². The van der Waals surface area contributed by atoms with Gasteiger partial charge in [0.2, 0.25) is 5.91 Å². The number of hydrogen-bond acceptors (Lipinski definition) is 7. The van der Waals surface area contributed by atoms with Gasteiger partial charge in [-0.25, -0.2) is 19.7 Å². The number of pyridine rings is 2. The molecule has 0 fully saturated rings. The first kappa shape index (κ1) is 27.3. The molecule has 0 spiro atoms. The highest BCUT2D eigenvalue weighted by molar-refractivity contribution is 7.15. The summed E-state index contributed by atoms with van der Waals surface area (Å²) >= 11 is 1.43. The predicted octanol–water partition coefficient (Wildman–Crippen LogP) is 6.88. The van der Waals surface area contributed by atoms with E-state index in [0.717, 1.165) is 60.1 Å². The zero-order valence-corrected chi connectivity index (χ0v) is 22.1. The van der Waals surface area contributed by atoms with Crippen molar-refractivity contribution >= 4 is 40.5 Å². The second kappa shape index (κ2) is 11.0. The SMILES string of the molecule is CC(=O)Nc1cc(Nc2cc(C(F)(F)F)ccn2)nc(-c2cnc(C3CCCCc4cc(C(=O)O)ccc43)s2)c1. The molecule has 0 aliphatic heterocycles. The molecule has 0 radical (unpaired) electrons. The summed E-state index contributed by atoms with van der Waals surface area (Å²) in [6.07, 6.45) is 1.78. The summed E-state index contributed by atoms with van der Waals surface area (Å²) in [5, 5.41) is 15.8. The van der Waals surface area contributed by atoms with E-state index >= 15 is 0 Å². The summed E-state index contributed by atoms with van der Waals surface area (Å²) in [6.45, 7) is 1.35. The number of nitrogens with zero attached hydrogens (tertiary/aromatic N) is 3. The molecule has 1 atom stereocenters. The van der Waals surface area contributed by atoms with Crippen LogP contribution in [0.15, 0.2) is 54.9 Å². The zero-order chi connectivity index (χ0) is 28.4. The van der Waals surface area contributed by atoms with Gasteiger partial charge in [0, 0.05) is 37.0 Å². The van der Waals surface area contributed by atoms with Crippen LogP contribution in [0, 0.1) is 0 Å². The summed E-state index contributed by atoms with van der Waals surface area (Å²) in [7, 11) is 0. The minimum Gasteiger partial charge on any atom is -0.478 e. The molecule has 1 unspecified atom stereocenters. The van der Waals surface area contributed by atoms with Crippen molar-refractivity contribution in [3.8, 4) is 10.6 Å². The number of thiazole rings is 1. The van der Waals surface area contributed by atoms with E-state index in [0.29, 0.717) is 16.3 Å². The lowest BCUT2D eigenvalue weighted by atomic mass is 9.92. The highest BCUT2D eigenvalue weighted by Crippen LogP contribution is 2.40. The summed E-state index contributed by atoms with van der Waals surface area (Å²) in [6, 6.07) is 10.2. The van der Waals surface area contributed by atoms with Crippen LogP contribution < -0.4 is 10.6 Å². The van der Waals surface area contributed by atoms with Crippen LogP contribution in [0.2, 0.25) is 0 Å². The number of aromatic carboxylic acids is 1. The molecule has 3 N–H and O–H groups in total. The largest absolute Gasteiger partial charge is 0.478 e. The molecule has 0 saturated carbocycles. The quantitative estimate of drug-likeness (QED) is 0.218. The van der Waals surface area contributed by atoms with Gasteiger partial charge in [-0.05, 0) is 60.7 Å². The smallest absolute Gasteiger partial charge is 0.416 e. The van der Waals surface area contributed by atoms with Gasteiger partial charge in [0.25, 0.3) is 0 Å². The monoisotopic (exact) mass is 567 g/mol. The predicted molar refractivity (Wildman–Crippen MR) is 145 cm³/mol. The molecule has 3 heterocycles. The van der Waals surface area contributed by atoms with Gasteiger partial charge in [-0.15, -0.1) is 11.3 Å². The number of aromatic nitrogens is 3. The molecule has 12 heteroatoms. The van der Waals surface area contributed by atoms with Gasteiger partial charge in [0.05, 0.1) is 21.7 Å². The normalized spacial score (nSPS) is 15.2. The number of aryl methyl sites for hydroxylation is 1. The van der Waals surface area contributed by atoms with Crippen molar-refractivity contribution in [1.29, 1.82) is 0 Å². The Hall–Kier alpha value is -4.32. The number of halogens is 3. The summed E-state index contributed by atoms with van der Waals surface area (Å²) in [5.74, 6) is -1.14. The first-order chi connectivity index (χ1) is 19.1. The van der Waals surface area contributed by atoms with Crippen LogP contribution in [0.25, 0.3) is 10.6 Å². The molecule has 1 aliphatic carbocycles. The van der Waals surface area contributed by atoms with E-state index in [1.165, 1.54) is 24.3 Å². The number of fused-ring (bicyclic) bond motifs is 1. The number of carbonyl (C=O) groups is 2. The van der Waals surface area contributed by atoms with Crippen molar-refractivity contribution in [2.75, 3.05) is 10.6 Å². The van der Waals surface area contributed by atoms with Gasteiger partial charge in [0.1, 0.15) is 16.6 Å². The number of benzene rings is 1. The molecule has 206 valence electrons. The van der Waals surface area contributed by atoms with Crippen LogP contribution in [-0.2, 0) is 17.4 Å². The number of carboxylic acid groups (broad SMARTS) is 1. The summed E-state index contributed by atoms with van der Waals surface area (Å²) < 4.78 is 39.5. The number of rotatable bonds is 6. The standard InChI is InChI=1S/C28H24F3N5O3S/c1-15(37)34-19-12-22(35-25(13-19)36-24-11-18(8-9-32-24)28(29,30)31)23-14-33-26(40-23)21-5-3-2-4-16-10-17(27(38)39)6-7-20(16)21/h6-14,21H,2-5H2,1H3,(H,38,39)(H2,32,34,35,36,37). The molecular weight excluding hydrogens is 543 g/mol.